The first kappa shape index (κ1) is 19.2. The Morgan fingerprint density at radius 3 is 2.29 bits per heavy atom. The number of hydrogen-bond donors (Lipinski definition) is 2. The lowest BCUT2D eigenvalue weighted by Crippen LogP contribution is -2.22. The summed E-state index contributed by atoms with van der Waals surface area (Å²) in [6.45, 7) is 3.02. The fourth-order valence-electron chi connectivity index (χ4n) is 2.58. The van der Waals surface area contributed by atoms with Crippen LogP contribution in [0.15, 0.2) is 66.9 Å². The second kappa shape index (κ2) is 9.41. The van der Waals surface area contributed by atoms with Gasteiger partial charge in [0.15, 0.2) is 0 Å². The molecule has 0 fully saturated rings. The number of nitrogens with one attached hydrogen (secondary N) is 2. The number of nitrogens with zero attached hydrogens (tertiary/aromatic N) is 1. The third kappa shape index (κ3) is 5.23. The number of rotatable bonds is 8. The zero-order valence-corrected chi connectivity index (χ0v) is 15.9. The molecule has 6 heteroatoms. The van der Waals surface area contributed by atoms with Crippen LogP contribution >= 0.6 is 0 Å². The molecule has 0 atom stereocenters. The Balaban J connectivity index is 1.54. The Bertz CT molecular complexity index is 892. The second-order valence-corrected chi connectivity index (χ2v) is 6.05. The fraction of sp³-hybridized carbons (Fsp3) is 0.182. The second-order valence-electron chi connectivity index (χ2n) is 6.05. The Labute approximate surface area is 164 Å². The zero-order valence-electron chi connectivity index (χ0n) is 15.9. The van der Waals surface area contributed by atoms with Crippen LogP contribution < -0.4 is 20.1 Å². The molecule has 0 radical (unpaired) electrons. The monoisotopic (exact) mass is 377 g/mol. The predicted octanol–water partition coefficient (Wildman–Crippen LogP) is 4.16. The van der Waals surface area contributed by atoms with E-state index in [1.807, 2.05) is 55.5 Å². The molecule has 0 unspecified atom stereocenters. The number of amides is 1. The van der Waals surface area contributed by atoms with Gasteiger partial charge in [-0.3, -0.25) is 4.79 Å². The largest absolute Gasteiger partial charge is 0.497 e. The van der Waals surface area contributed by atoms with Crippen LogP contribution in [-0.2, 0) is 6.54 Å². The van der Waals surface area contributed by atoms with Crippen LogP contribution in [0.1, 0.15) is 22.8 Å². The van der Waals surface area contributed by atoms with Crippen LogP contribution in [0.4, 0.5) is 11.5 Å². The van der Waals surface area contributed by atoms with Crippen LogP contribution in [0.5, 0.6) is 11.5 Å². The summed E-state index contributed by atoms with van der Waals surface area (Å²) in [4.78, 5) is 16.6. The topological polar surface area (TPSA) is 72.5 Å². The number of carbonyl (C=O) groups is 1. The highest BCUT2D eigenvalue weighted by molar-refractivity contribution is 5.94. The minimum absolute atomic E-state index is 0.170. The smallest absolute Gasteiger partial charge is 0.253 e. The Kier molecular flexibility index (Phi) is 6.46. The van der Waals surface area contributed by atoms with Crippen molar-refractivity contribution in [2.45, 2.75) is 13.5 Å². The van der Waals surface area contributed by atoms with Crippen LogP contribution in [0.2, 0.25) is 0 Å². The first-order chi connectivity index (χ1) is 13.7. The van der Waals surface area contributed by atoms with Crippen LogP contribution in [0.25, 0.3) is 0 Å². The van der Waals surface area contributed by atoms with Crippen LogP contribution in [0, 0.1) is 0 Å². The molecule has 0 saturated carbocycles. The molecule has 0 saturated heterocycles. The maximum Gasteiger partial charge on any atom is 0.253 e. The van der Waals surface area contributed by atoms with Gasteiger partial charge in [0.25, 0.3) is 5.91 Å². The molecular weight excluding hydrogens is 354 g/mol. The van der Waals surface area contributed by atoms with Crippen molar-refractivity contribution in [3.63, 3.8) is 0 Å². The van der Waals surface area contributed by atoms with Crippen LogP contribution in [-0.4, -0.2) is 24.6 Å². The molecule has 6 nitrogen and oxygen atoms in total. The van der Waals surface area contributed by atoms with Crippen molar-refractivity contribution >= 4 is 17.4 Å². The summed E-state index contributed by atoms with van der Waals surface area (Å²) in [6, 6.07) is 18.7. The van der Waals surface area contributed by atoms with Crippen molar-refractivity contribution in [1.29, 1.82) is 0 Å². The van der Waals surface area contributed by atoms with Gasteiger partial charge in [0.1, 0.15) is 17.3 Å². The van der Waals surface area contributed by atoms with Crippen LogP contribution in [0.3, 0.4) is 0 Å². The SMILES string of the molecule is CCOc1ccc(Nc2ccc(C(=O)NCc3ccc(OC)cc3)cn2)cc1. The van der Waals surface area contributed by atoms with Gasteiger partial charge in [-0.05, 0) is 61.0 Å². The Hall–Kier alpha value is -3.54. The molecule has 1 aromatic heterocycles. The molecule has 0 aliphatic rings. The molecule has 3 rings (SSSR count). The van der Waals surface area contributed by atoms with E-state index < -0.39 is 0 Å². The van der Waals surface area contributed by atoms with Gasteiger partial charge in [0.2, 0.25) is 0 Å². The number of carbonyl (C=O) groups excluding carboxylic acids is 1. The highest BCUT2D eigenvalue weighted by atomic mass is 16.5. The number of benzene rings is 2. The highest BCUT2D eigenvalue weighted by Gasteiger charge is 2.06. The molecule has 3 aromatic rings. The van der Waals surface area contributed by atoms with E-state index in [0.717, 1.165) is 22.7 Å². The van der Waals surface area contributed by atoms with Gasteiger partial charge in [-0.15, -0.1) is 0 Å². The van der Waals surface area contributed by atoms with Gasteiger partial charge in [-0.25, -0.2) is 4.98 Å². The van der Waals surface area contributed by atoms with E-state index in [0.29, 0.717) is 24.5 Å². The molecule has 0 bridgehead atoms. The van der Waals surface area contributed by atoms with Gasteiger partial charge in [-0.1, -0.05) is 12.1 Å². The summed E-state index contributed by atoms with van der Waals surface area (Å²) < 4.78 is 10.6. The third-order valence-corrected chi connectivity index (χ3v) is 4.08. The molecule has 0 aliphatic carbocycles. The quantitative estimate of drug-likeness (QED) is 0.617. The van der Waals surface area contributed by atoms with Crippen molar-refractivity contribution < 1.29 is 14.3 Å². The lowest BCUT2D eigenvalue weighted by atomic mass is 10.2. The molecule has 2 aromatic carbocycles. The number of pyridine rings is 1. The Morgan fingerprint density at radius 2 is 1.68 bits per heavy atom. The molecular formula is C22H23N3O3. The Morgan fingerprint density at radius 1 is 0.964 bits per heavy atom. The minimum atomic E-state index is -0.170. The predicted molar refractivity (Wildman–Crippen MR) is 109 cm³/mol. The molecule has 0 aliphatic heterocycles. The summed E-state index contributed by atoms with van der Waals surface area (Å²) >= 11 is 0. The number of aromatic nitrogens is 1. The van der Waals surface area contributed by atoms with Gasteiger partial charge in [-0.2, -0.15) is 0 Å². The molecule has 0 spiro atoms. The van der Waals surface area contributed by atoms with Gasteiger partial charge in [0.05, 0.1) is 19.3 Å². The minimum Gasteiger partial charge on any atom is -0.497 e. The number of ether oxygens (including phenoxy) is 2. The maximum atomic E-state index is 12.3. The third-order valence-electron chi connectivity index (χ3n) is 4.08. The van der Waals surface area contributed by atoms with Crippen molar-refractivity contribution in [3.05, 3.63) is 78.0 Å². The van der Waals surface area contributed by atoms with Gasteiger partial charge >= 0.3 is 0 Å². The summed E-state index contributed by atoms with van der Waals surface area (Å²) in [6.07, 6.45) is 1.56. The summed E-state index contributed by atoms with van der Waals surface area (Å²) in [7, 11) is 1.62. The fourth-order valence-corrected chi connectivity index (χ4v) is 2.58. The first-order valence-electron chi connectivity index (χ1n) is 9.05. The van der Waals surface area contributed by atoms with Crippen molar-refractivity contribution in [2.75, 3.05) is 19.0 Å². The summed E-state index contributed by atoms with van der Waals surface area (Å²) in [5.74, 6) is 2.10. The van der Waals surface area contributed by atoms with E-state index in [1.165, 1.54) is 0 Å². The van der Waals surface area contributed by atoms with E-state index in [4.69, 9.17) is 9.47 Å². The van der Waals surface area contributed by atoms with E-state index in [1.54, 1.807) is 25.4 Å². The maximum absolute atomic E-state index is 12.3. The van der Waals surface area contributed by atoms with E-state index in [2.05, 4.69) is 15.6 Å². The average molecular weight is 377 g/mol. The number of anilines is 2. The highest BCUT2D eigenvalue weighted by Crippen LogP contribution is 2.19. The molecule has 2 N–H and O–H groups in total. The summed E-state index contributed by atoms with van der Waals surface area (Å²) in [5.41, 5.74) is 2.40. The van der Waals surface area contributed by atoms with Crippen molar-refractivity contribution in [2.24, 2.45) is 0 Å². The number of methoxy groups -OCH3 is 1. The standard InChI is InChI=1S/C22H23N3O3/c1-3-28-20-11-7-18(8-12-20)25-21-13-6-17(15-23-21)22(26)24-14-16-4-9-19(27-2)10-5-16/h4-13,15H,3,14H2,1-2H3,(H,23,25)(H,24,26). The first-order valence-corrected chi connectivity index (χ1v) is 9.05. The van der Waals surface area contributed by atoms with E-state index in [9.17, 15) is 4.79 Å². The average Bonchev–Trinajstić information content (AvgIpc) is 2.74. The molecule has 1 amide bonds. The lowest BCUT2D eigenvalue weighted by Gasteiger charge is -2.09. The molecule has 1 heterocycles. The number of hydrogen-bond acceptors (Lipinski definition) is 5. The van der Waals surface area contributed by atoms with Gasteiger partial charge in [0, 0.05) is 18.4 Å². The molecule has 144 valence electrons. The lowest BCUT2D eigenvalue weighted by molar-refractivity contribution is 0.0950. The molecule has 28 heavy (non-hydrogen) atoms. The van der Waals surface area contributed by atoms with Gasteiger partial charge < -0.3 is 20.1 Å². The normalized spacial score (nSPS) is 10.2. The van der Waals surface area contributed by atoms with E-state index in [-0.39, 0.29) is 5.91 Å². The zero-order chi connectivity index (χ0) is 19.8. The van der Waals surface area contributed by atoms with E-state index >= 15 is 0 Å². The van der Waals surface area contributed by atoms with Crippen molar-refractivity contribution in [3.8, 4) is 11.5 Å². The van der Waals surface area contributed by atoms with Crippen molar-refractivity contribution in [1.82, 2.24) is 10.3 Å². The summed E-state index contributed by atoms with van der Waals surface area (Å²) in [5, 5.41) is 6.08.